The molecule has 0 spiro atoms. The molecule has 33 heavy (non-hydrogen) atoms. The van der Waals surface area contributed by atoms with Gasteiger partial charge in [-0.25, -0.2) is 4.79 Å². The Labute approximate surface area is 198 Å². The second-order valence-electron chi connectivity index (χ2n) is 10.2. The molecule has 0 saturated carbocycles. The van der Waals surface area contributed by atoms with Crippen LogP contribution in [0, 0.1) is 11.8 Å². The first-order chi connectivity index (χ1) is 16.0. The molecule has 3 saturated heterocycles. The van der Waals surface area contributed by atoms with E-state index in [9.17, 15) is 9.59 Å². The van der Waals surface area contributed by atoms with Crippen molar-refractivity contribution in [2.75, 3.05) is 45.8 Å². The van der Waals surface area contributed by atoms with Gasteiger partial charge in [0, 0.05) is 51.7 Å². The van der Waals surface area contributed by atoms with Gasteiger partial charge in [-0.05, 0) is 57.6 Å². The van der Waals surface area contributed by atoms with Crippen molar-refractivity contribution in [3.05, 3.63) is 35.9 Å². The summed E-state index contributed by atoms with van der Waals surface area (Å²) in [6.07, 6.45) is 4.03. The van der Waals surface area contributed by atoms with Crippen LogP contribution in [-0.4, -0.2) is 84.7 Å². The SMILES string of the molecule is CC1CN(C(=O)C2CCN(C(=O)NCC3CCCN(Cc4ccccc4)C3)CC2)CC(C)O1. The predicted molar refractivity (Wildman–Crippen MR) is 129 cm³/mol. The molecule has 4 rings (SSSR count). The van der Waals surface area contributed by atoms with Crippen LogP contribution in [-0.2, 0) is 16.1 Å². The number of rotatable bonds is 5. The number of hydrogen-bond donors (Lipinski definition) is 1. The summed E-state index contributed by atoms with van der Waals surface area (Å²) in [5.74, 6) is 0.755. The van der Waals surface area contributed by atoms with Crippen molar-refractivity contribution in [2.45, 2.75) is 58.3 Å². The fraction of sp³-hybridized carbons (Fsp3) is 0.692. The smallest absolute Gasteiger partial charge is 0.317 e. The van der Waals surface area contributed by atoms with Crippen molar-refractivity contribution in [3.63, 3.8) is 0 Å². The van der Waals surface area contributed by atoms with Gasteiger partial charge in [-0.15, -0.1) is 0 Å². The Balaban J connectivity index is 1.17. The number of amides is 3. The molecule has 3 fully saturated rings. The van der Waals surface area contributed by atoms with Crippen LogP contribution in [0.2, 0.25) is 0 Å². The Morgan fingerprint density at radius 2 is 1.64 bits per heavy atom. The van der Waals surface area contributed by atoms with Gasteiger partial charge in [-0.1, -0.05) is 30.3 Å². The highest BCUT2D eigenvalue weighted by Gasteiger charge is 2.33. The third kappa shape index (κ3) is 6.70. The van der Waals surface area contributed by atoms with Crippen LogP contribution in [0.1, 0.15) is 45.1 Å². The maximum atomic E-state index is 13.0. The van der Waals surface area contributed by atoms with E-state index in [1.165, 1.54) is 18.4 Å². The van der Waals surface area contributed by atoms with Crippen molar-refractivity contribution in [2.24, 2.45) is 11.8 Å². The number of ether oxygens (including phenoxy) is 1. The normalized spacial score (nSPS) is 27.4. The van der Waals surface area contributed by atoms with E-state index in [2.05, 4.69) is 40.5 Å². The molecule has 3 heterocycles. The van der Waals surface area contributed by atoms with Crippen molar-refractivity contribution < 1.29 is 14.3 Å². The molecule has 0 bridgehead atoms. The number of nitrogens with one attached hydrogen (secondary N) is 1. The van der Waals surface area contributed by atoms with Crippen LogP contribution in [0.25, 0.3) is 0 Å². The van der Waals surface area contributed by atoms with Crippen LogP contribution in [0.15, 0.2) is 30.3 Å². The Bertz CT molecular complexity index is 771. The van der Waals surface area contributed by atoms with Gasteiger partial charge in [0.25, 0.3) is 0 Å². The van der Waals surface area contributed by atoms with Crippen molar-refractivity contribution in [1.29, 1.82) is 0 Å². The molecule has 0 radical (unpaired) electrons. The van der Waals surface area contributed by atoms with Crippen LogP contribution < -0.4 is 5.32 Å². The second-order valence-corrected chi connectivity index (χ2v) is 10.2. The van der Waals surface area contributed by atoms with Crippen molar-refractivity contribution in [3.8, 4) is 0 Å². The summed E-state index contributed by atoms with van der Waals surface area (Å²) < 4.78 is 5.76. The minimum Gasteiger partial charge on any atom is -0.372 e. The molecule has 1 N–H and O–H groups in total. The molecule has 7 heteroatoms. The molecule has 0 aliphatic carbocycles. The first-order valence-corrected chi connectivity index (χ1v) is 12.7. The molecule has 3 aliphatic rings. The Hall–Kier alpha value is -2.12. The van der Waals surface area contributed by atoms with E-state index in [0.717, 1.165) is 39.0 Å². The molecule has 3 atom stereocenters. The summed E-state index contributed by atoms with van der Waals surface area (Å²) in [4.78, 5) is 32.1. The first-order valence-electron chi connectivity index (χ1n) is 12.7. The lowest BCUT2D eigenvalue weighted by atomic mass is 9.94. The number of carbonyl (C=O) groups excluding carboxylic acids is 2. The lowest BCUT2D eigenvalue weighted by Gasteiger charge is -2.39. The number of nitrogens with zero attached hydrogens (tertiary/aromatic N) is 3. The summed E-state index contributed by atoms with van der Waals surface area (Å²) in [5.41, 5.74) is 1.35. The fourth-order valence-electron chi connectivity index (χ4n) is 5.59. The van der Waals surface area contributed by atoms with E-state index in [0.29, 0.717) is 32.1 Å². The second kappa shape index (κ2) is 11.3. The zero-order chi connectivity index (χ0) is 23.2. The quantitative estimate of drug-likeness (QED) is 0.740. The van der Waals surface area contributed by atoms with Gasteiger partial charge in [0.1, 0.15) is 0 Å². The summed E-state index contributed by atoms with van der Waals surface area (Å²) in [6, 6.07) is 10.6. The van der Waals surface area contributed by atoms with E-state index in [-0.39, 0.29) is 30.1 Å². The molecular formula is C26H40N4O3. The van der Waals surface area contributed by atoms with Gasteiger partial charge in [-0.2, -0.15) is 0 Å². The number of hydrogen-bond acceptors (Lipinski definition) is 4. The van der Waals surface area contributed by atoms with Gasteiger partial charge in [0.15, 0.2) is 0 Å². The number of urea groups is 1. The Morgan fingerprint density at radius 3 is 2.33 bits per heavy atom. The number of benzene rings is 1. The number of morpholine rings is 1. The first kappa shape index (κ1) is 24.0. The summed E-state index contributed by atoms with van der Waals surface area (Å²) in [6.45, 7) is 10.6. The third-order valence-corrected chi connectivity index (χ3v) is 7.26. The minimum absolute atomic E-state index is 0.0229. The number of piperidine rings is 2. The van der Waals surface area contributed by atoms with Crippen molar-refractivity contribution in [1.82, 2.24) is 20.0 Å². The highest BCUT2D eigenvalue weighted by Crippen LogP contribution is 2.23. The maximum absolute atomic E-state index is 13.0. The van der Waals surface area contributed by atoms with E-state index < -0.39 is 0 Å². The van der Waals surface area contributed by atoms with E-state index in [1.807, 2.05) is 23.6 Å². The summed E-state index contributed by atoms with van der Waals surface area (Å²) >= 11 is 0. The summed E-state index contributed by atoms with van der Waals surface area (Å²) in [5, 5.41) is 3.17. The molecule has 182 valence electrons. The lowest BCUT2D eigenvalue weighted by molar-refractivity contribution is -0.148. The van der Waals surface area contributed by atoms with Gasteiger partial charge in [-0.3, -0.25) is 9.69 Å². The summed E-state index contributed by atoms with van der Waals surface area (Å²) in [7, 11) is 0. The molecular weight excluding hydrogens is 416 g/mol. The maximum Gasteiger partial charge on any atom is 0.317 e. The van der Waals surface area contributed by atoms with Crippen LogP contribution in [0.4, 0.5) is 4.79 Å². The molecule has 1 aromatic rings. The monoisotopic (exact) mass is 456 g/mol. The van der Waals surface area contributed by atoms with Crippen LogP contribution >= 0.6 is 0 Å². The average Bonchev–Trinajstić information content (AvgIpc) is 2.82. The third-order valence-electron chi connectivity index (χ3n) is 7.26. The number of carbonyl (C=O) groups is 2. The Kier molecular flexibility index (Phi) is 8.25. The average molecular weight is 457 g/mol. The largest absolute Gasteiger partial charge is 0.372 e. The predicted octanol–water partition coefficient (Wildman–Crippen LogP) is 2.96. The molecule has 3 unspecified atom stereocenters. The zero-order valence-electron chi connectivity index (χ0n) is 20.2. The molecule has 3 aliphatic heterocycles. The van der Waals surface area contributed by atoms with Crippen LogP contribution in [0.5, 0.6) is 0 Å². The highest BCUT2D eigenvalue weighted by molar-refractivity contribution is 5.80. The standard InChI is InChI=1S/C26H40N4O3/c1-20-16-30(17-21(2)33-20)25(31)24-10-13-29(14-11-24)26(32)27-15-23-9-6-12-28(19-23)18-22-7-4-3-5-8-22/h3-5,7-8,20-21,23-24H,6,9-19H2,1-2H3,(H,27,32). The zero-order valence-corrected chi connectivity index (χ0v) is 20.2. The molecule has 1 aromatic carbocycles. The van der Waals surface area contributed by atoms with Gasteiger partial charge in [0.2, 0.25) is 5.91 Å². The molecule has 7 nitrogen and oxygen atoms in total. The van der Waals surface area contributed by atoms with Crippen LogP contribution in [0.3, 0.4) is 0 Å². The highest BCUT2D eigenvalue weighted by atomic mass is 16.5. The fourth-order valence-corrected chi connectivity index (χ4v) is 5.59. The topological polar surface area (TPSA) is 65.1 Å². The van der Waals surface area contributed by atoms with Gasteiger partial charge in [0.05, 0.1) is 12.2 Å². The minimum atomic E-state index is 0.0229. The number of likely N-dealkylation sites (tertiary alicyclic amines) is 2. The molecule has 3 amide bonds. The van der Waals surface area contributed by atoms with Crippen molar-refractivity contribution >= 4 is 11.9 Å². The van der Waals surface area contributed by atoms with E-state index in [1.54, 1.807) is 0 Å². The van der Waals surface area contributed by atoms with E-state index >= 15 is 0 Å². The lowest BCUT2D eigenvalue weighted by Crippen LogP contribution is -2.52. The Morgan fingerprint density at radius 1 is 0.939 bits per heavy atom. The van der Waals surface area contributed by atoms with E-state index in [4.69, 9.17) is 4.74 Å². The van der Waals surface area contributed by atoms with Gasteiger partial charge < -0.3 is 19.9 Å². The van der Waals surface area contributed by atoms with Gasteiger partial charge >= 0.3 is 6.03 Å². The molecule has 0 aromatic heterocycles.